The van der Waals surface area contributed by atoms with Gasteiger partial charge in [-0.25, -0.2) is 14.1 Å². The molecule has 0 bridgehead atoms. The first-order chi connectivity index (χ1) is 9.06. The second-order valence-corrected chi connectivity index (χ2v) is 5.32. The summed E-state index contributed by atoms with van der Waals surface area (Å²) in [6, 6.07) is 3.30. The van der Waals surface area contributed by atoms with Gasteiger partial charge < -0.3 is 4.52 Å². The number of phosphoric acid groups is 1. The summed E-state index contributed by atoms with van der Waals surface area (Å²) in [5.74, 6) is 0.162. The van der Waals surface area contributed by atoms with Crippen LogP contribution in [0.5, 0.6) is 5.88 Å². The third-order valence-electron chi connectivity index (χ3n) is 2.20. The van der Waals surface area contributed by atoms with Crippen LogP contribution >= 0.6 is 7.82 Å². The maximum Gasteiger partial charge on any atom is 0.531 e. The summed E-state index contributed by atoms with van der Waals surface area (Å²) in [6.45, 7) is 5.74. The van der Waals surface area contributed by atoms with Crippen LogP contribution in [-0.4, -0.2) is 27.8 Å². The molecule has 0 amide bonds. The van der Waals surface area contributed by atoms with Crippen molar-refractivity contribution in [3.8, 4) is 5.88 Å². The smallest absolute Gasteiger partial charge is 0.384 e. The molecule has 0 aromatic carbocycles. The number of imidazole rings is 1. The molecule has 0 saturated heterocycles. The van der Waals surface area contributed by atoms with Crippen LogP contribution in [0, 0.1) is 6.92 Å². The van der Waals surface area contributed by atoms with Crippen LogP contribution in [-0.2, 0) is 13.6 Å². The Morgan fingerprint density at radius 2 is 1.95 bits per heavy atom. The number of fused-ring (bicyclic) bond motifs is 1. The molecule has 7 nitrogen and oxygen atoms in total. The highest BCUT2D eigenvalue weighted by molar-refractivity contribution is 7.48. The van der Waals surface area contributed by atoms with E-state index in [9.17, 15) is 4.57 Å². The van der Waals surface area contributed by atoms with Gasteiger partial charge in [0.25, 0.3) is 0 Å². The molecule has 2 heterocycles. The number of hydrogen-bond acceptors (Lipinski definition) is 6. The molecule has 0 aliphatic heterocycles. The highest BCUT2D eigenvalue weighted by atomic mass is 31.2. The summed E-state index contributed by atoms with van der Waals surface area (Å²) in [5, 5.41) is 4.15. The molecule has 0 radical (unpaired) electrons. The number of aryl methyl sites for hydroxylation is 1. The Morgan fingerprint density at radius 1 is 1.26 bits per heavy atom. The van der Waals surface area contributed by atoms with E-state index in [2.05, 4.69) is 10.1 Å². The second-order valence-electron chi connectivity index (χ2n) is 3.73. The average molecular weight is 285 g/mol. The first kappa shape index (κ1) is 14.0. The van der Waals surface area contributed by atoms with Crippen molar-refractivity contribution in [1.82, 2.24) is 14.6 Å². The number of hydrogen-bond donors (Lipinski definition) is 0. The molecule has 0 spiro atoms. The van der Waals surface area contributed by atoms with E-state index in [1.54, 1.807) is 36.7 Å². The van der Waals surface area contributed by atoms with Gasteiger partial charge in [-0.1, -0.05) is 0 Å². The third-order valence-corrected chi connectivity index (χ3v) is 3.76. The normalized spacial score (nSPS) is 11.9. The fourth-order valence-electron chi connectivity index (χ4n) is 1.55. The van der Waals surface area contributed by atoms with Crippen molar-refractivity contribution < 1.29 is 18.1 Å². The van der Waals surface area contributed by atoms with E-state index in [0.29, 0.717) is 5.65 Å². The Balaban J connectivity index is 2.25. The summed E-state index contributed by atoms with van der Waals surface area (Å²) in [4.78, 5) is 4.24. The van der Waals surface area contributed by atoms with Crippen LogP contribution < -0.4 is 4.52 Å². The van der Waals surface area contributed by atoms with Crippen molar-refractivity contribution in [3.05, 3.63) is 24.0 Å². The first-order valence-electron chi connectivity index (χ1n) is 5.98. The second kappa shape index (κ2) is 5.69. The molecule has 8 heteroatoms. The van der Waals surface area contributed by atoms with E-state index in [0.717, 1.165) is 5.69 Å². The SMILES string of the molecule is CCOP(=O)(OCC)Oc1ccc2nc(C)cn2n1. The van der Waals surface area contributed by atoms with Gasteiger partial charge in [0.1, 0.15) is 0 Å². The Kier molecular flexibility index (Phi) is 4.19. The van der Waals surface area contributed by atoms with Crippen molar-refractivity contribution in [2.24, 2.45) is 0 Å². The van der Waals surface area contributed by atoms with E-state index in [4.69, 9.17) is 13.6 Å². The Bertz CT molecular complexity index is 603. The van der Waals surface area contributed by atoms with Crippen LogP contribution in [0.2, 0.25) is 0 Å². The topological polar surface area (TPSA) is 75.0 Å². The fraction of sp³-hybridized carbons (Fsp3) is 0.455. The van der Waals surface area contributed by atoms with Gasteiger partial charge in [-0.15, -0.1) is 5.10 Å². The molecule has 0 fully saturated rings. The maximum absolute atomic E-state index is 12.2. The molecule has 0 atom stereocenters. The molecule has 2 aromatic heterocycles. The van der Waals surface area contributed by atoms with Crippen LogP contribution in [0.15, 0.2) is 18.3 Å². The number of rotatable bonds is 6. The Morgan fingerprint density at radius 3 is 2.58 bits per heavy atom. The summed E-state index contributed by atoms with van der Waals surface area (Å²) in [5.41, 5.74) is 1.52. The van der Waals surface area contributed by atoms with Crippen LogP contribution in [0.1, 0.15) is 19.5 Å². The number of nitrogens with zero attached hydrogens (tertiary/aromatic N) is 3. The molecular formula is C11H16N3O4P. The minimum absolute atomic E-state index is 0.162. The number of phosphoric ester groups is 1. The molecule has 2 rings (SSSR count). The lowest BCUT2D eigenvalue weighted by molar-refractivity contribution is 0.165. The highest BCUT2D eigenvalue weighted by Crippen LogP contribution is 2.48. The van der Waals surface area contributed by atoms with Gasteiger partial charge in [-0.05, 0) is 26.8 Å². The lowest BCUT2D eigenvalue weighted by Crippen LogP contribution is -2.04. The Labute approximate surface area is 111 Å². The molecule has 0 N–H and O–H groups in total. The molecule has 104 valence electrons. The predicted molar refractivity (Wildman–Crippen MR) is 69.2 cm³/mol. The van der Waals surface area contributed by atoms with Crippen LogP contribution in [0.3, 0.4) is 0 Å². The van der Waals surface area contributed by atoms with Crippen molar-refractivity contribution in [1.29, 1.82) is 0 Å². The predicted octanol–water partition coefficient (Wildman–Crippen LogP) is 2.60. The molecule has 0 unspecified atom stereocenters. The minimum Gasteiger partial charge on any atom is -0.384 e. The van der Waals surface area contributed by atoms with Crippen LogP contribution in [0.4, 0.5) is 0 Å². The van der Waals surface area contributed by atoms with Gasteiger partial charge in [-0.2, -0.15) is 0 Å². The van der Waals surface area contributed by atoms with E-state index in [1.807, 2.05) is 6.92 Å². The largest absolute Gasteiger partial charge is 0.531 e. The molecular weight excluding hydrogens is 269 g/mol. The maximum atomic E-state index is 12.2. The van der Waals surface area contributed by atoms with Gasteiger partial charge in [0, 0.05) is 6.07 Å². The van der Waals surface area contributed by atoms with Gasteiger partial charge in [-0.3, -0.25) is 9.05 Å². The van der Waals surface area contributed by atoms with Crippen LogP contribution in [0.25, 0.3) is 5.65 Å². The lowest BCUT2D eigenvalue weighted by atomic mass is 10.5. The van der Waals surface area contributed by atoms with Crippen molar-refractivity contribution in [2.75, 3.05) is 13.2 Å². The first-order valence-corrected chi connectivity index (χ1v) is 7.44. The average Bonchev–Trinajstić information content (AvgIpc) is 2.68. The minimum atomic E-state index is -3.61. The van der Waals surface area contributed by atoms with Gasteiger partial charge >= 0.3 is 7.82 Å². The molecule has 19 heavy (non-hydrogen) atoms. The van der Waals surface area contributed by atoms with E-state index in [1.165, 1.54) is 0 Å². The number of aromatic nitrogens is 3. The third kappa shape index (κ3) is 3.32. The van der Waals surface area contributed by atoms with Crippen molar-refractivity contribution >= 4 is 13.5 Å². The summed E-state index contributed by atoms with van der Waals surface area (Å²) < 4.78 is 29.1. The quantitative estimate of drug-likeness (QED) is 0.759. The molecule has 2 aromatic rings. The van der Waals surface area contributed by atoms with Crippen molar-refractivity contribution in [3.63, 3.8) is 0 Å². The monoisotopic (exact) mass is 285 g/mol. The highest BCUT2D eigenvalue weighted by Gasteiger charge is 2.28. The fourth-order valence-corrected chi connectivity index (χ4v) is 2.69. The zero-order valence-electron chi connectivity index (χ0n) is 11.1. The summed E-state index contributed by atoms with van der Waals surface area (Å²) in [6.07, 6.45) is 1.74. The van der Waals surface area contributed by atoms with Gasteiger partial charge in [0.05, 0.1) is 25.1 Å². The zero-order valence-corrected chi connectivity index (χ0v) is 12.0. The molecule has 0 aliphatic rings. The molecule has 0 aliphatic carbocycles. The van der Waals surface area contributed by atoms with E-state index >= 15 is 0 Å². The Hall–Kier alpha value is -1.43. The molecule has 0 saturated carbocycles. The standard InChI is InChI=1S/C11H16N3O4P/c1-4-16-19(15,17-5-2)18-11-7-6-10-12-9(3)8-14(10)13-11/h6-8H,4-5H2,1-3H3. The summed E-state index contributed by atoms with van der Waals surface area (Å²) >= 11 is 0. The lowest BCUT2D eigenvalue weighted by Gasteiger charge is -2.16. The van der Waals surface area contributed by atoms with Crippen molar-refractivity contribution in [2.45, 2.75) is 20.8 Å². The van der Waals surface area contributed by atoms with Gasteiger partial charge in [0.15, 0.2) is 5.65 Å². The van der Waals surface area contributed by atoms with Gasteiger partial charge in [0.2, 0.25) is 5.88 Å². The summed E-state index contributed by atoms with van der Waals surface area (Å²) in [7, 11) is -3.61. The van der Waals surface area contributed by atoms with E-state index in [-0.39, 0.29) is 19.1 Å². The van der Waals surface area contributed by atoms with E-state index < -0.39 is 7.82 Å². The zero-order chi connectivity index (χ0) is 13.9.